The molecule has 7 nitrogen and oxygen atoms in total. The third-order valence-electron chi connectivity index (χ3n) is 5.06. The Balaban J connectivity index is 1.90. The van der Waals surface area contributed by atoms with Crippen molar-refractivity contribution in [3.05, 3.63) is 29.6 Å². The van der Waals surface area contributed by atoms with Crippen LogP contribution in [0.15, 0.2) is 18.3 Å². The lowest BCUT2D eigenvalue weighted by Crippen LogP contribution is -2.44. The van der Waals surface area contributed by atoms with Crippen molar-refractivity contribution in [3.63, 3.8) is 0 Å². The van der Waals surface area contributed by atoms with Crippen molar-refractivity contribution in [1.29, 1.82) is 0 Å². The smallest absolute Gasteiger partial charge is 0.338 e. The van der Waals surface area contributed by atoms with E-state index in [0.717, 1.165) is 6.07 Å². The molecule has 148 valence electrons. The summed E-state index contributed by atoms with van der Waals surface area (Å²) in [6.07, 6.45) is -3.16. The zero-order valence-corrected chi connectivity index (χ0v) is 15.4. The summed E-state index contributed by atoms with van der Waals surface area (Å²) in [5, 5.41) is 5.84. The number of aromatic nitrogens is 3. The van der Waals surface area contributed by atoms with E-state index in [0.29, 0.717) is 43.1 Å². The largest absolute Gasteiger partial charge is 0.433 e. The number of nitrogens with zero attached hydrogens (tertiary/aromatic N) is 4. The molecular weight excluding hydrogens is 373 g/mol. The average molecular weight is 392 g/mol. The Hall–Kier alpha value is -2.75. The number of nitrogens with one attached hydrogen (secondary N) is 2. The van der Waals surface area contributed by atoms with Crippen LogP contribution in [0.3, 0.4) is 0 Å². The van der Waals surface area contributed by atoms with Crippen LogP contribution in [0.1, 0.15) is 25.1 Å². The van der Waals surface area contributed by atoms with E-state index >= 15 is 0 Å². The van der Waals surface area contributed by atoms with Crippen LogP contribution < -0.4 is 15.5 Å². The van der Waals surface area contributed by atoms with Crippen LogP contribution in [0, 0.1) is 0 Å². The zero-order valence-electron chi connectivity index (χ0n) is 15.4. The van der Waals surface area contributed by atoms with E-state index in [1.807, 2.05) is 0 Å². The first-order valence-electron chi connectivity index (χ1n) is 8.91. The van der Waals surface area contributed by atoms with Gasteiger partial charge < -0.3 is 15.5 Å². The van der Waals surface area contributed by atoms with Crippen LogP contribution >= 0.6 is 0 Å². The van der Waals surface area contributed by atoms with E-state index in [2.05, 4.69) is 25.6 Å². The molecule has 4 rings (SSSR count). The monoisotopic (exact) mass is 392 g/mol. The van der Waals surface area contributed by atoms with Gasteiger partial charge in [-0.25, -0.2) is 15.0 Å². The number of rotatable bonds is 2. The number of pyridine rings is 1. The molecule has 2 N–H and O–H groups in total. The Morgan fingerprint density at radius 3 is 2.57 bits per heavy atom. The molecule has 2 aromatic heterocycles. The number of hydrogen-bond donors (Lipinski definition) is 2. The highest BCUT2D eigenvalue weighted by Gasteiger charge is 2.42. The van der Waals surface area contributed by atoms with Gasteiger partial charge in [0.2, 0.25) is 11.9 Å². The van der Waals surface area contributed by atoms with Gasteiger partial charge in [0, 0.05) is 43.5 Å². The molecule has 0 aromatic carbocycles. The summed E-state index contributed by atoms with van der Waals surface area (Å²) >= 11 is 0. The zero-order chi connectivity index (χ0) is 20.1. The first-order valence-corrected chi connectivity index (χ1v) is 8.91. The summed E-state index contributed by atoms with van der Waals surface area (Å²) in [5.74, 6) is 0.130. The Bertz CT molecular complexity index is 937. The van der Waals surface area contributed by atoms with Crippen LogP contribution in [0.5, 0.6) is 0 Å². The van der Waals surface area contributed by atoms with Gasteiger partial charge in [0.25, 0.3) is 0 Å². The highest BCUT2D eigenvalue weighted by molar-refractivity contribution is 6.06. The van der Waals surface area contributed by atoms with E-state index in [1.165, 1.54) is 6.20 Å². The second-order valence-electron chi connectivity index (χ2n) is 7.33. The van der Waals surface area contributed by atoms with Crippen molar-refractivity contribution in [3.8, 4) is 11.3 Å². The van der Waals surface area contributed by atoms with Crippen molar-refractivity contribution in [2.75, 3.05) is 36.4 Å². The quantitative estimate of drug-likeness (QED) is 0.815. The topological polar surface area (TPSA) is 83.0 Å². The molecular formula is C18H19F3N6O. The SMILES string of the molecule is CC1(C)C(=O)Nc2nccc(-c3cc(C(F)(F)F)nc(N4CCNCC4)n3)c21. The van der Waals surface area contributed by atoms with Crippen LogP contribution in [-0.4, -0.2) is 47.0 Å². The Morgan fingerprint density at radius 2 is 1.89 bits per heavy atom. The highest BCUT2D eigenvalue weighted by atomic mass is 19.4. The predicted octanol–water partition coefficient (Wildman–Crippen LogP) is 2.20. The van der Waals surface area contributed by atoms with Crippen molar-refractivity contribution in [1.82, 2.24) is 20.3 Å². The average Bonchev–Trinajstić information content (AvgIpc) is 2.90. The van der Waals surface area contributed by atoms with E-state index in [9.17, 15) is 18.0 Å². The number of hydrogen-bond acceptors (Lipinski definition) is 6. The van der Waals surface area contributed by atoms with E-state index in [1.54, 1.807) is 24.8 Å². The fraction of sp³-hybridized carbons (Fsp3) is 0.444. The van der Waals surface area contributed by atoms with Gasteiger partial charge in [-0.15, -0.1) is 0 Å². The third kappa shape index (κ3) is 3.07. The maximum Gasteiger partial charge on any atom is 0.433 e. The van der Waals surface area contributed by atoms with Crippen molar-refractivity contribution >= 4 is 17.7 Å². The molecule has 0 saturated carbocycles. The van der Waals surface area contributed by atoms with Gasteiger partial charge in [0.05, 0.1) is 11.1 Å². The summed E-state index contributed by atoms with van der Waals surface area (Å²) < 4.78 is 40.6. The van der Waals surface area contributed by atoms with Crippen molar-refractivity contribution < 1.29 is 18.0 Å². The fourth-order valence-corrected chi connectivity index (χ4v) is 3.50. The molecule has 10 heteroatoms. The van der Waals surface area contributed by atoms with Crippen LogP contribution in [0.25, 0.3) is 11.3 Å². The van der Waals surface area contributed by atoms with Gasteiger partial charge in [0.15, 0.2) is 5.69 Å². The summed E-state index contributed by atoms with van der Waals surface area (Å²) in [4.78, 5) is 26.4. The maximum absolute atomic E-state index is 13.5. The summed E-state index contributed by atoms with van der Waals surface area (Å²) in [6, 6.07) is 2.52. The summed E-state index contributed by atoms with van der Waals surface area (Å²) in [7, 11) is 0. The molecule has 1 saturated heterocycles. The van der Waals surface area contributed by atoms with E-state index in [-0.39, 0.29) is 17.5 Å². The molecule has 1 fully saturated rings. The Morgan fingerprint density at radius 1 is 1.18 bits per heavy atom. The molecule has 0 spiro atoms. The van der Waals surface area contributed by atoms with Gasteiger partial charge in [-0.05, 0) is 26.0 Å². The minimum absolute atomic E-state index is 0.0342. The molecule has 0 aliphatic carbocycles. The van der Waals surface area contributed by atoms with Gasteiger partial charge in [-0.3, -0.25) is 4.79 Å². The second kappa shape index (κ2) is 6.40. The first-order chi connectivity index (χ1) is 13.2. The highest BCUT2D eigenvalue weighted by Crippen LogP contribution is 2.42. The van der Waals surface area contributed by atoms with Crippen LogP contribution in [0.2, 0.25) is 0 Å². The number of carbonyl (C=O) groups is 1. The maximum atomic E-state index is 13.5. The number of halogens is 3. The standard InChI is InChI=1S/C18H19F3N6O/c1-17(2)13-10(3-4-23-14(13)26-15(17)28)11-9-12(18(19,20)21)25-16(24-11)27-7-5-22-6-8-27/h3-4,9,22H,5-8H2,1-2H3,(H,23,26,28). The van der Waals surface area contributed by atoms with Crippen LogP contribution in [0.4, 0.5) is 24.9 Å². The number of amides is 1. The number of carbonyl (C=O) groups excluding carboxylic acids is 1. The predicted molar refractivity (Wildman–Crippen MR) is 97.0 cm³/mol. The minimum Gasteiger partial charge on any atom is -0.338 e. The Labute approximate surface area is 159 Å². The lowest BCUT2D eigenvalue weighted by molar-refractivity contribution is -0.141. The third-order valence-corrected chi connectivity index (χ3v) is 5.06. The molecule has 0 radical (unpaired) electrons. The van der Waals surface area contributed by atoms with Crippen LogP contribution in [-0.2, 0) is 16.4 Å². The van der Waals surface area contributed by atoms with E-state index < -0.39 is 17.3 Å². The lowest BCUT2D eigenvalue weighted by Gasteiger charge is -2.28. The molecule has 2 aliphatic rings. The molecule has 28 heavy (non-hydrogen) atoms. The summed E-state index contributed by atoms with van der Waals surface area (Å²) in [6.45, 7) is 5.74. The lowest BCUT2D eigenvalue weighted by atomic mass is 9.83. The van der Waals surface area contributed by atoms with Gasteiger partial charge in [-0.2, -0.15) is 13.2 Å². The number of anilines is 2. The van der Waals surface area contributed by atoms with Gasteiger partial charge >= 0.3 is 6.18 Å². The first kappa shape index (κ1) is 18.6. The van der Waals surface area contributed by atoms with Crippen molar-refractivity contribution in [2.24, 2.45) is 0 Å². The van der Waals surface area contributed by atoms with Gasteiger partial charge in [-0.1, -0.05) is 0 Å². The number of alkyl halides is 3. The number of fused-ring (bicyclic) bond motifs is 1. The van der Waals surface area contributed by atoms with Gasteiger partial charge in [0.1, 0.15) is 5.82 Å². The number of piperazine rings is 1. The molecule has 0 unspecified atom stereocenters. The molecule has 0 atom stereocenters. The second-order valence-corrected chi connectivity index (χ2v) is 7.33. The normalized spacial score (nSPS) is 18.8. The molecule has 1 amide bonds. The molecule has 0 bridgehead atoms. The minimum atomic E-state index is -4.61. The fourth-order valence-electron chi connectivity index (χ4n) is 3.50. The van der Waals surface area contributed by atoms with Crippen molar-refractivity contribution in [2.45, 2.75) is 25.4 Å². The Kier molecular flexibility index (Phi) is 4.25. The molecule has 2 aliphatic heterocycles. The molecule has 4 heterocycles. The summed E-state index contributed by atoms with van der Waals surface area (Å²) in [5.41, 5.74) is -0.834. The molecule has 2 aromatic rings. The van der Waals surface area contributed by atoms with E-state index in [4.69, 9.17) is 0 Å².